The van der Waals surface area contributed by atoms with Gasteiger partial charge in [-0.3, -0.25) is 9.59 Å². The van der Waals surface area contributed by atoms with Gasteiger partial charge in [-0.15, -0.1) is 0 Å². The molecule has 1 aromatic rings. The van der Waals surface area contributed by atoms with Gasteiger partial charge in [0.05, 0.1) is 25.8 Å². The van der Waals surface area contributed by atoms with E-state index in [9.17, 15) is 14.4 Å². The molecule has 140 valence electrons. The van der Waals surface area contributed by atoms with Crippen LogP contribution in [0.25, 0.3) is 0 Å². The molecule has 0 radical (unpaired) electrons. The molecule has 0 unspecified atom stereocenters. The average molecular weight is 361 g/mol. The molecular formula is C18H23N3O5. The topological polar surface area (TPSA) is 108 Å². The highest BCUT2D eigenvalue weighted by atomic mass is 16.5. The van der Waals surface area contributed by atoms with Crippen LogP contribution < -0.4 is 10.6 Å². The number of nitrogens with one attached hydrogen (secondary N) is 2. The summed E-state index contributed by atoms with van der Waals surface area (Å²) in [4.78, 5) is 37.4. The summed E-state index contributed by atoms with van der Waals surface area (Å²) in [6.45, 7) is 3.61. The number of methoxy groups -OCH3 is 1. The first-order valence-corrected chi connectivity index (χ1v) is 8.30. The van der Waals surface area contributed by atoms with Gasteiger partial charge < -0.3 is 25.4 Å². The van der Waals surface area contributed by atoms with Crippen LogP contribution in [-0.2, 0) is 19.1 Å². The molecule has 1 aliphatic rings. The quantitative estimate of drug-likeness (QED) is 0.626. The Bertz CT molecular complexity index is 757. The van der Waals surface area contributed by atoms with Crippen molar-refractivity contribution in [2.45, 2.75) is 20.3 Å². The first-order valence-electron chi connectivity index (χ1n) is 8.30. The molecule has 0 saturated carbocycles. The van der Waals surface area contributed by atoms with Gasteiger partial charge in [-0.05, 0) is 30.7 Å². The lowest BCUT2D eigenvalue weighted by Gasteiger charge is -2.16. The van der Waals surface area contributed by atoms with Crippen LogP contribution in [0.3, 0.4) is 0 Å². The van der Waals surface area contributed by atoms with Gasteiger partial charge in [0.25, 0.3) is 5.91 Å². The normalized spacial score (nSPS) is 13.8. The van der Waals surface area contributed by atoms with Crippen LogP contribution >= 0.6 is 0 Å². The third-order valence-corrected chi connectivity index (χ3v) is 4.04. The summed E-state index contributed by atoms with van der Waals surface area (Å²) in [6, 6.07) is 5.22. The number of rotatable bonds is 7. The van der Waals surface area contributed by atoms with Gasteiger partial charge in [0.2, 0.25) is 5.91 Å². The molecule has 3 N–H and O–H groups in total. The third-order valence-electron chi connectivity index (χ3n) is 4.04. The highest BCUT2D eigenvalue weighted by Crippen LogP contribution is 2.26. The van der Waals surface area contributed by atoms with E-state index in [1.54, 1.807) is 25.1 Å². The fraction of sp³-hybridized carbons (Fsp3) is 0.389. The van der Waals surface area contributed by atoms with Crippen molar-refractivity contribution in [2.24, 2.45) is 0 Å². The smallest absolute Gasteiger partial charge is 0.337 e. The monoisotopic (exact) mass is 361 g/mol. The molecule has 26 heavy (non-hydrogen) atoms. The van der Waals surface area contributed by atoms with Gasteiger partial charge in [0, 0.05) is 24.3 Å². The Morgan fingerprint density at radius 1 is 1.35 bits per heavy atom. The van der Waals surface area contributed by atoms with E-state index in [-0.39, 0.29) is 42.8 Å². The number of ether oxygens (including phenoxy) is 1. The number of nitrogens with zero attached hydrogens (tertiary/aromatic N) is 1. The highest BCUT2D eigenvalue weighted by Gasteiger charge is 2.34. The molecule has 8 heteroatoms. The second kappa shape index (κ2) is 8.48. The number of hydrogen-bond acceptors (Lipinski definition) is 6. The Morgan fingerprint density at radius 2 is 2.08 bits per heavy atom. The van der Waals surface area contributed by atoms with Crippen LogP contribution in [0.4, 0.5) is 11.4 Å². The van der Waals surface area contributed by atoms with Crippen molar-refractivity contribution in [1.29, 1.82) is 0 Å². The summed E-state index contributed by atoms with van der Waals surface area (Å²) in [5.74, 6) is -1.06. The van der Waals surface area contributed by atoms with E-state index in [2.05, 4.69) is 10.6 Å². The van der Waals surface area contributed by atoms with Crippen molar-refractivity contribution < 1.29 is 24.2 Å². The fourth-order valence-corrected chi connectivity index (χ4v) is 2.61. The van der Waals surface area contributed by atoms with Crippen LogP contribution in [0.15, 0.2) is 29.5 Å². The number of amides is 2. The van der Waals surface area contributed by atoms with Crippen LogP contribution in [0.2, 0.25) is 0 Å². The predicted octanol–water partition coefficient (Wildman–Crippen LogP) is 1.02. The van der Waals surface area contributed by atoms with Gasteiger partial charge in [0.1, 0.15) is 5.70 Å². The Kier molecular flexibility index (Phi) is 6.35. The summed E-state index contributed by atoms with van der Waals surface area (Å²) >= 11 is 0. The van der Waals surface area contributed by atoms with Gasteiger partial charge in [-0.2, -0.15) is 0 Å². The van der Waals surface area contributed by atoms with Gasteiger partial charge >= 0.3 is 5.97 Å². The molecule has 0 atom stereocenters. The van der Waals surface area contributed by atoms with Gasteiger partial charge in [-0.1, -0.05) is 6.92 Å². The first-order chi connectivity index (χ1) is 12.4. The molecule has 0 bridgehead atoms. The highest BCUT2D eigenvalue weighted by molar-refractivity contribution is 6.08. The standard InChI is InChI=1S/C18H23N3O5/c1-4-15(23)19-12-5-6-14(11(2)9-12)20-16-13(18(25)26-3)10-21(7-8-22)17(16)24/h5-6,9,20,22H,4,7-8,10H2,1-3H3,(H,19,23). The van der Waals surface area contributed by atoms with E-state index in [1.165, 1.54) is 12.0 Å². The van der Waals surface area contributed by atoms with Crippen molar-refractivity contribution in [3.63, 3.8) is 0 Å². The van der Waals surface area contributed by atoms with Crippen molar-refractivity contribution in [1.82, 2.24) is 4.90 Å². The molecular weight excluding hydrogens is 338 g/mol. The molecule has 1 aromatic carbocycles. The number of carbonyl (C=O) groups is 3. The predicted molar refractivity (Wildman–Crippen MR) is 96.4 cm³/mol. The minimum absolute atomic E-state index is 0.0814. The zero-order valence-corrected chi connectivity index (χ0v) is 15.1. The van der Waals surface area contributed by atoms with Gasteiger partial charge in [-0.25, -0.2) is 4.79 Å². The molecule has 0 aromatic heterocycles. The maximum atomic E-state index is 12.5. The number of aryl methyl sites for hydroxylation is 1. The van der Waals surface area contributed by atoms with E-state index in [1.807, 2.05) is 6.92 Å². The molecule has 1 heterocycles. The molecule has 2 amide bonds. The van der Waals surface area contributed by atoms with Crippen molar-refractivity contribution in [3.05, 3.63) is 35.0 Å². The number of benzene rings is 1. The molecule has 8 nitrogen and oxygen atoms in total. The van der Waals surface area contributed by atoms with Crippen molar-refractivity contribution in [2.75, 3.05) is 37.4 Å². The molecule has 2 rings (SSSR count). The SMILES string of the molecule is CCC(=O)Nc1ccc(NC2=C(C(=O)OC)CN(CCO)C2=O)c(C)c1. The van der Waals surface area contributed by atoms with E-state index in [4.69, 9.17) is 9.84 Å². The summed E-state index contributed by atoms with van der Waals surface area (Å²) in [6.07, 6.45) is 0.379. The first kappa shape index (κ1) is 19.5. The van der Waals surface area contributed by atoms with E-state index >= 15 is 0 Å². The second-order valence-corrected chi connectivity index (χ2v) is 5.85. The number of anilines is 2. The number of aliphatic hydroxyl groups is 1. The lowest BCUT2D eigenvalue weighted by atomic mass is 10.1. The van der Waals surface area contributed by atoms with E-state index < -0.39 is 5.97 Å². The maximum Gasteiger partial charge on any atom is 0.337 e. The minimum Gasteiger partial charge on any atom is -0.466 e. The lowest BCUT2D eigenvalue weighted by molar-refractivity contribution is -0.136. The number of aliphatic hydroxyl groups excluding tert-OH is 1. The Balaban J connectivity index is 2.27. The number of β-amino-alcohol motifs (C(OH)–C–C–N with tert-alkyl or cyclic N) is 1. The van der Waals surface area contributed by atoms with E-state index in [0.717, 1.165) is 5.56 Å². The Hall–Kier alpha value is -2.87. The third kappa shape index (κ3) is 4.20. The molecule has 0 fully saturated rings. The van der Waals surface area contributed by atoms with E-state index in [0.29, 0.717) is 17.8 Å². The van der Waals surface area contributed by atoms with Crippen LogP contribution in [0, 0.1) is 6.92 Å². The second-order valence-electron chi connectivity index (χ2n) is 5.85. The van der Waals surface area contributed by atoms with Crippen LogP contribution in [0.5, 0.6) is 0 Å². The summed E-state index contributed by atoms with van der Waals surface area (Å²) in [5.41, 5.74) is 2.44. The van der Waals surface area contributed by atoms with Crippen molar-refractivity contribution >= 4 is 29.2 Å². The average Bonchev–Trinajstić information content (AvgIpc) is 2.93. The Labute approximate surface area is 151 Å². The summed E-state index contributed by atoms with van der Waals surface area (Å²) < 4.78 is 4.76. The molecule has 0 aliphatic carbocycles. The molecule has 1 aliphatic heterocycles. The fourth-order valence-electron chi connectivity index (χ4n) is 2.61. The Morgan fingerprint density at radius 3 is 2.65 bits per heavy atom. The minimum atomic E-state index is -0.592. The summed E-state index contributed by atoms with van der Waals surface area (Å²) in [7, 11) is 1.25. The van der Waals surface area contributed by atoms with Crippen molar-refractivity contribution in [3.8, 4) is 0 Å². The number of esters is 1. The molecule has 0 saturated heterocycles. The van der Waals surface area contributed by atoms with Crippen LogP contribution in [-0.4, -0.2) is 54.6 Å². The number of hydrogen-bond donors (Lipinski definition) is 3. The van der Waals surface area contributed by atoms with Gasteiger partial charge in [0.15, 0.2) is 0 Å². The zero-order chi connectivity index (χ0) is 19.3. The lowest BCUT2D eigenvalue weighted by Crippen LogP contribution is -2.31. The largest absolute Gasteiger partial charge is 0.466 e. The zero-order valence-electron chi connectivity index (χ0n) is 15.1. The van der Waals surface area contributed by atoms with Crippen LogP contribution in [0.1, 0.15) is 18.9 Å². The number of carbonyl (C=O) groups excluding carboxylic acids is 3. The molecule has 0 spiro atoms. The maximum absolute atomic E-state index is 12.5. The summed E-state index contributed by atoms with van der Waals surface area (Å²) in [5, 5.41) is 14.9.